The normalized spacial score (nSPS) is 10.8. The highest BCUT2D eigenvalue weighted by Crippen LogP contribution is 2.27. The van der Waals surface area contributed by atoms with E-state index >= 15 is 0 Å². The summed E-state index contributed by atoms with van der Waals surface area (Å²) in [4.78, 5) is 4.25. The van der Waals surface area contributed by atoms with E-state index in [0.29, 0.717) is 11.6 Å². The molecule has 1 aromatic carbocycles. The quantitative estimate of drug-likeness (QED) is 0.805. The van der Waals surface area contributed by atoms with E-state index in [-0.39, 0.29) is 0 Å². The van der Waals surface area contributed by atoms with Crippen LogP contribution in [0.1, 0.15) is 5.69 Å². The summed E-state index contributed by atoms with van der Waals surface area (Å²) in [5.74, 6) is 0. The van der Waals surface area contributed by atoms with Gasteiger partial charge in [-0.15, -0.1) is 16.4 Å². The lowest BCUT2D eigenvalue weighted by molar-refractivity contribution is 0.794. The van der Waals surface area contributed by atoms with Crippen molar-refractivity contribution in [1.29, 1.82) is 0 Å². The van der Waals surface area contributed by atoms with Crippen LogP contribution in [-0.4, -0.2) is 20.0 Å². The number of nitrogens with zero attached hydrogens (tertiary/aromatic N) is 4. The predicted octanol–water partition coefficient (Wildman–Crippen LogP) is 2.50. The summed E-state index contributed by atoms with van der Waals surface area (Å²) in [6, 6.07) is 7.53. The van der Waals surface area contributed by atoms with Gasteiger partial charge in [0.05, 0.1) is 0 Å². The van der Waals surface area contributed by atoms with Crippen LogP contribution in [0.5, 0.6) is 0 Å². The zero-order chi connectivity index (χ0) is 13.2. The van der Waals surface area contributed by atoms with Gasteiger partial charge in [-0.3, -0.25) is 0 Å². The van der Waals surface area contributed by atoms with Crippen LogP contribution in [0.15, 0.2) is 35.8 Å². The van der Waals surface area contributed by atoms with Crippen molar-refractivity contribution >= 4 is 22.9 Å². The van der Waals surface area contributed by atoms with Crippen LogP contribution in [0.4, 0.5) is 0 Å². The molecule has 3 rings (SSSR count). The van der Waals surface area contributed by atoms with Gasteiger partial charge >= 0.3 is 0 Å². The van der Waals surface area contributed by atoms with Gasteiger partial charge in [0.2, 0.25) is 5.13 Å². The van der Waals surface area contributed by atoms with E-state index in [9.17, 15) is 0 Å². The summed E-state index contributed by atoms with van der Waals surface area (Å²) in [5, 5.41) is 11.5. The highest BCUT2D eigenvalue weighted by atomic mass is 35.5. The molecule has 3 aromatic rings. The molecule has 19 heavy (non-hydrogen) atoms. The van der Waals surface area contributed by atoms with Crippen molar-refractivity contribution in [1.82, 2.24) is 20.0 Å². The number of thiazole rings is 1. The van der Waals surface area contributed by atoms with Gasteiger partial charge in [0.25, 0.3) is 0 Å². The van der Waals surface area contributed by atoms with Gasteiger partial charge in [-0.25, -0.2) is 4.98 Å². The fraction of sp³-hybridized carbons (Fsp3) is 0.0833. The van der Waals surface area contributed by atoms with Gasteiger partial charge in [-0.1, -0.05) is 28.9 Å². The third-order valence-electron chi connectivity index (χ3n) is 2.63. The summed E-state index contributed by atoms with van der Waals surface area (Å²) < 4.78 is 1.69. The van der Waals surface area contributed by atoms with E-state index in [0.717, 1.165) is 22.1 Å². The maximum absolute atomic E-state index is 6.04. The lowest BCUT2D eigenvalue weighted by atomic mass is 10.1. The minimum atomic E-state index is 0.313. The molecule has 96 valence electrons. The molecule has 0 fully saturated rings. The molecule has 0 amide bonds. The van der Waals surface area contributed by atoms with Crippen molar-refractivity contribution < 1.29 is 0 Å². The molecule has 0 bridgehead atoms. The largest absolute Gasteiger partial charge is 0.325 e. The summed E-state index contributed by atoms with van der Waals surface area (Å²) in [5.41, 5.74) is 8.20. The molecule has 2 aromatic heterocycles. The highest BCUT2D eigenvalue weighted by molar-refractivity contribution is 7.12. The predicted molar refractivity (Wildman–Crippen MR) is 75.4 cm³/mol. The lowest BCUT2D eigenvalue weighted by Crippen LogP contribution is -2.02. The van der Waals surface area contributed by atoms with Crippen molar-refractivity contribution in [2.45, 2.75) is 6.54 Å². The van der Waals surface area contributed by atoms with Gasteiger partial charge in [0.15, 0.2) is 0 Å². The second-order valence-electron chi connectivity index (χ2n) is 3.83. The van der Waals surface area contributed by atoms with Crippen molar-refractivity contribution in [3.05, 3.63) is 46.6 Å². The first-order valence-corrected chi connectivity index (χ1v) is 6.86. The Morgan fingerprint density at radius 2 is 2.26 bits per heavy atom. The third kappa shape index (κ3) is 2.25. The zero-order valence-corrected chi connectivity index (χ0v) is 11.4. The molecular formula is C12H10ClN5S. The molecule has 0 aliphatic carbocycles. The zero-order valence-electron chi connectivity index (χ0n) is 9.82. The number of halogens is 1. The molecule has 7 heteroatoms. The minimum absolute atomic E-state index is 0.313. The Hall–Kier alpha value is -1.76. The molecule has 2 heterocycles. The van der Waals surface area contributed by atoms with Crippen LogP contribution in [0.3, 0.4) is 0 Å². The number of aromatic nitrogens is 4. The van der Waals surface area contributed by atoms with Crippen LogP contribution in [0.2, 0.25) is 5.02 Å². The van der Waals surface area contributed by atoms with Crippen LogP contribution in [-0.2, 0) is 6.54 Å². The number of hydrogen-bond acceptors (Lipinski definition) is 5. The number of benzene rings is 1. The molecule has 0 unspecified atom stereocenters. The molecule has 0 aliphatic rings. The van der Waals surface area contributed by atoms with Crippen LogP contribution < -0.4 is 5.73 Å². The second kappa shape index (κ2) is 5.08. The van der Waals surface area contributed by atoms with Crippen LogP contribution >= 0.6 is 22.9 Å². The van der Waals surface area contributed by atoms with E-state index in [1.165, 1.54) is 11.3 Å². The standard InChI is InChI=1S/C12H10ClN5S/c13-9-3-1-2-8(6-9)11-10(7-14)16-17-18(11)12-15-4-5-19-12/h1-6H,7,14H2. The summed E-state index contributed by atoms with van der Waals surface area (Å²) >= 11 is 7.53. The Labute approximate surface area is 118 Å². The average molecular weight is 292 g/mol. The number of hydrogen-bond donors (Lipinski definition) is 1. The van der Waals surface area contributed by atoms with E-state index < -0.39 is 0 Å². The molecule has 0 saturated heterocycles. The van der Waals surface area contributed by atoms with Gasteiger partial charge in [-0.05, 0) is 12.1 Å². The van der Waals surface area contributed by atoms with E-state index in [4.69, 9.17) is 17.3 Å². The number of nitrogens with two attached hydrogens (primary N) is 1. The van der Waals surface area contributed by atoms with Gasteiger partial charge in [0.1, 0.15) is 11.4 Å². The summed E-state index contributed by atoms with van der Waals surface area (Å²) in [6.45, 7) is 0.313. The van der Waals surface area contributed by atoms with Gasteiger partial charge < -0.3 is 5.73 Å². The fourth-order valence-corrected chi connectivity index (χ4v) is 2.61. The maximum atomic E-state index is 6.04. The minimum Gasteiger partial charge on any atom is -0.325 e. The van der Waals surface area contributed by atoms with Crippen LogP contribution in [0, 0.1) is 0 Å². The van der Waals surface area contributed by atoms with Crippen molar-refractivity contribution in [3.8, 4) is 16.4 Å². The SMILES string of the molecule is NCc1nnn(-c2nccs2)c1-c1cccc(Cl)c1. The molecule has 0 atom stereocenters. The van der Waals surface area contributed by atoms with Crippen molar-refractivity contribution in [2.24, 2.45) is 5.73 Å². The first kappa shape index (κ1) is 12.3. The summed E-state index contributed by atoms with van der Waals surface area (Å²) in [6.07, 6.45) is 1.73. The molecule has 5 nitrogen and oxygen atoms in total. The Morgan fingerprint density at radius 3 is 2.95 bits per heavy atom. The smallest absolute Gasteiger partial charge is 0.212 e. The second-order valence-corrected chi connectivity index (χ2v) is 5.14. The Morgan fingerprint density at radius 1 is 1.37 bits per heavy atom. The van der Waals surface area contributed by atoms with E-state index in [1.54, 1.807) is 10.9 Å². The first-order chi connectivity index (χ1) is 9.29. The molecular weight excluding hydrogens is 282 g/mol. The van der Waals surface area contributed by atoms with Crippen LogP contribution in [0.25, 0.3) is 16.4 Å². The van der Waals surface area contributed by atoms with Gasteiger partial charge in [-0.2, -0.15) is 4.68 Å². The van der Waals surface area contributed by atoms with E-state index in [2.05, 4.69) is 15.3 Å². The first-order valence-electron chi connectivity index (χ1n) is 5.60. The molecule has 0 saturated carbocycles. The molecule has 0 spiro atoms. The van der Waals surface area contributed by atoms with Gasteiger partial charge in [0, 0.05) is 28.7 Å². The number of rotatable bonds is 3. The van der Waals surface area contributed by atoms with Crippen molar-refractivity contribution in [2.75, 3.05) is 0 Å². The van der Waals surface area contributed by atoms with Crippen molar-refractivity contribution in [3.63, 3.8) is 0 Å². The summed E-state index contributed by atoms with van der Waals surface area (Å²) in [7, 11) is 0. The fourth-order valence-electron chi connectivity index (χ4n) is 1.83. The lowest BCUT2D eigenvalue weighted by Gasteiger charge is -2.05. The maximum Gasteiger partial charge on any atom is 0.212 e. The Kier molecular flexibility index (Phi) is 3.29. The highest BCUT2D eigenvalue weighted by Gasteiger charge is 2.16. The third-order valence-corrected chi connectivity index (χ3v) is 3.61. The molecule has 0 radical (unpaired) electrons. The van der Waals surface area contributed by atoms with E-state index in [1.807, 2.05) is 29.6 Å². The average Bonchev–Trinajstić information content (AvgIpc) is 3.07. The topological polar surface area (TPSA) is 69.6 Å². The monoisotopic (exact) mass is 291 g/mol. The molecule has 2 N–H and O–H groups in total. The molecule has 0 aliphatic heterocycles. The Bertz CT molecular complexity index is 692. The Balaban J connectivity index is 2.21.